The minimum absolute atomic E-state index is 0.0373. The number of benzene rings is 3. The van der Waals surface area contributed by atoms with E-state index in [-0.39, 0.29) is 11.3 Å². The summed E-state index contributed by atoms with van der Waals surface area (Å²) in [6.45, 7) is 0. The van der Waals surface area contributed by atoms with E-state index in [9.17, 15) is 23.2 Å². The Morgan fingerprint density at radius 1 is 1.03 bits per heavy atom. The van der Waals surface area contributed by atoms with Crippen molar-refractivity contribution < 1.29 is 18.0 Å². The van der Waals surface area contributed by atoms with Crippen molar-refractivity contribution in [3.8, 4) is 6.07 Å². The Hall–Kier alpha value is -3.37. The summed E-state index contributed by atoms with van der Waals surface area (Å²) in [5.41, 5.74) is 1.68. The maximum atomic E-state index is 12.8. The van der Waals surface area contributed by atoms with E-state index in [2.05, 4.69) is 21.2 Å². The van der Waals surface area contributed by atoms with Crippen LogP contribution in [0, 0.1) is 11.3 Å². The van der Waals surface area contributed by atoms with Gasteiger partial charge in [-0.15, -0.1) is 0 Å². The zero-order chi connectivity index (χ0) is 22.4. The molecule has 1 amide bonds. The van der Waals surface area contributed by atoms with Crippen molar-refractivity contribution in [2.24, 2.45) is 0 Å². The molecule has 156 valence electrons. The van der Waals surface area contributed by atoms with Crippen molar-refractivity contribution in [3.05, 3.63) is 105 Å². The zero-order valence-corrected chi connectivity index (χ0v) is 17.7. The summed E-state index contributed by atoms with van der Waals surface area (Å²) in [6.07, 6.45) is -2.41. The van der Waals surface area contributed by atoms with Crippen LogP contribution in [0.5, 0.6) is 0 Å². The lowest BCUT2D eigenvalue weighted by Crippen LogP contribution is -2.14. The number of halogens is 4. The molecule has 0 radical (unpaired) electrons. The quantitative estimate of drug-likeness (QED) is 0.327. The molecule has 0 saturated carbocycles. The molecule has 1 N–H and O–H groups in total. The number of amides is 1. The molecule has 0 fully saturated rings. The molecule has 0 spiro atoms. The van der Waals surface area contributed by atoms with Gasteiger partial charge >= 0.3 is 6.18 Å². The smallest absolute Gasteiger partial charge is 0.321 e. The van der Waals surface area contributed by atoms with Gasteiger partial charge in [0.25, 0.3) is 5.91 Å². The Balaban J connectivity index is 1.73. The van der Waals surface area contributed by atoms with Gasteiger partial charge in [0.05, 0.1) is 5.56 Å². The molecule has 3 rings (SSSR count). The third-order valence-corrected chi connectivity index (χ3v) is 5.23. The van der Waals surface area contributed by atoms with Crippen molar-refractivity contribution in [1.29, 1.82) is 5.26 Å². The fraction of sp³-hybridized carbons (Fsp3) is 0.0833. The molecule has 0 heterocycles. The molecular weight excluding hydrogens is 469 g/mol. The number of alkyl halides is 3. The molecule has 0 aliphatic heterocycles. The third-order valence-electron chi connectivity index (χ3n) is 4.46. The van der Waals surface area contributed by atoms with Gasteiger partial charge in [-0.1, -0.05) is 64.5 Å². The highest BCUT2D eigenvalue weighted by atomic mass is 79.9. The molecule has 0 atom stereocenters. The maximum absolute atomic E-state index is 12.8. The van der Waals surface area contributed by atoms with Gasteiger partial charge in [0.2, 0.25) is 0 Å². The van der Waals surface area contributed by atoms with Crippen LogP contribution in [-0.4, -0.2) is 5.91 Å². The second-order valence-electron chi connectivity index (χ2n) is 6.71. The highest BCUT2D eigenvalue weighted by Gasteiger charge is 2.30. The van der Waals surface area contributed by atoms with E-state index in [1.54, 1.807) is 18.2 Å². The first-order chi connectivity index (χ1) is 14.8. The predicted molar refractivity (Wildman–Crippen MR) is 117 cm³/mol. The minimum Gasteiger partial charge on any atom is -0.321 e. The van der Waals surface area contributed by atoms with Gasteiger partial charge in [0.15, 0.2) is 0 Å². The largest absolute Gasteiger partial charge is 0.416 e. The highest BCUT2D eigenvalue weighted by Crippen LogP contribution is 2.30. The Bertz CT molecular complexity index is 1160. The molecule has 0 unspecified atom stereocenters. The van der Waals surface area contributed by atoms with E-state index >= 15 is 0 Å². The number of carbonyl (C=O) groups is 1. The summed E-state index contributed by atoms with van der Waals surface area (Å²) in [6, 6.07) is 21.3. The highest BCUT2D eigenvalue weighted by molar-refractivity contribution is 9.10. The molecule has 0 saturated heterocycles. The molecule has 0 aliphatic rings. The molecule has 0 aromatic heterocycles. The fourth-order valence-corrected chi connectivity index (χ4v) is 3.31. The lowest BCUT2D eigenvalue weighted by atomic mass is 10.0. The van der Waals surface area contributed by atoms with E-state index in [0.717, 1.165) is 27.7 Å². The maximum Gasteiger partial charge on any atom is 0.416 e. The van der Waals surface area contributed by atoms with Crippen LogP contribution in [0.15, 0.2) is 82.8 Å². The number of carbonyl (C=O) groups excluding carboxylic acids is 1. The SMILES string of the molecule is N#C/C(=C\c1ccc(Cc2ccccc2Br)cc1)C(=O)Nc1cccc(C(F)(F)F)c1. The van der Waals surface area contributed by atoms with Gasteiger partial charge in [-0.25, -0.2) is 0 Å². The van der Waals surface area contributed by atoms with E-state index in [1.807, 2.05) is 36.4 Å². The first-order valence-electron chi connectivity index (χ1n) is 9.19. The van der Waals surface area contributed by atoms with Crippen LogP contribution >= 0.6 is 15.9 Å². The molecule has 3 aromatic rings. The second-order valence-corrected chi connectivity index (χ2v) is 7.57. The summed E-state index contributed by atoms with van der Waals surface area (Å²) >= 11 is 3.52. The first-order valence-corrected chi connectivity index (χ1v) is 9.98. The van der Waals surface area contributed by atoms with Crippen LogP contribution in [0.25, 0.3) is 6.08 Å². The van der Waals surface area contributed by atoms with Crippen molar-refractivity contribution in [3.63, 3.8) is 0 Å². The monoisotopic (exact) mass is 484 g/mol. The lowest BCUT2D eigenvalue weighted by molar-refractivity contribution is -0.137. The van der Waals surface area contributed by atoms with Crippen LogP contribution in [0.1, 0.15) is 22.3 Å². The van der Waals surface area contributed by atoms with Crippen molar-refractivity contribution in [2.75, 3.05) is 5.32 Å². The van der Waals surface area contributed by atoms with Crippen molar-refractivity contribution in [1.82, 2.24) is 0 Å². The van der Waals surface area contributed by atoms with Crippen LogP contribution in [0.2, 0.25) is 0 Å². The van der Waals surface area contributed by atoms with E-state index in [4.69, 9.17) is 0 Å². The average Bonchev–Trinajstić information content (AvgIpc) is 2.74. The predicted octanol–water partition coefficient (Wildman–Crippen LogP) is 6.60. The number of anilines is 1. The van der Waals surface area contributed by atoms with E-state index in [1.165, 1.54) is 18.2 Å². The van der Waals surface area contributed by atoms with Gasteiger partial charge in [-0.2, -0.15) is 18.4 Å². The molecule has 0 bridgehead atoms. The fourth-order valence-electron chi connectivity index (χ4n) is 2.88. The molecule has 3 nitrogen and oxygen atoms in total. The summed E-state index contributed by atoms with van der Waals surface area (Å²) in [7, 11) is 0. The van der Waals surface area contributed by atoms with E-state index < -0.39 is 17.6 Å². The van der Waals surface area contributed by atoms with Crippen molar-refractivity contribution in [2.45, 2.75) is 12.6 Å². The summed E-state index contributed by atoms with van der Waals surface area (Å²) < 4.78 is 39.5. The second kappa shape index (κ2) is 9.63. The molecular formula is C24H16BrF3N2O. The summed E-state index contributed by atoms with van der Waals surface area (Å²) in [5, 5.41) is 11.7. The van der Waals surface area contributed by atoms with Crippen LogP contribution in [-0.2, 0) is 17.4 Å². The van der Waals surface area contributed by atoms with Gasteiger partial charge in [-0.05, 0) is 53.5 Å². The number of nitrogens with one attached hydrogen (secondary N) is 1. The number of hydrogen-bond donors (Lipinski definition) is 1. The average molecular weight is 485 g/mol. The number of nitriles is 1. The number of nitrogens with zero attached hydrogens (tertiary/aromatic N) is 1. The van der Waals surface area contributed by atoms with Gasteiger partial charge in [0, 0.05) is 10.2 Å². The Morgan fingerprint density at radius 2 is 1.74 bits per heavy atom. The van der Waals surface area contributed by atoms with Crippen LogP contribution in [0.3, 0.4) is 0 Å². The Labute approximate surface area is 186 Å². The van der Waals surface area contributed by atoms with E-state index in [0.29, 0.717) is 12.0 Å². The molecule has 0 aliphatic carbocycles. The summed E-state index contributed by atoms with van der Waals surface area (Å²) in [4.78, 5) is 12.4. The minimum atomic E-state index is -4.52. The van der Waals surface area contributed by atoms with Gasteiger partial charge in [-0.3, -0.25) is 4.79 Å². The standard InChI is InChI=1S/C24H16BrF3N2O/c25-22-7-2-1-4-18(22)12-16-8-10-17(11-9-16)13-19(15-29)23(31)30-21-6-3-5-20(14-21)24(26,27)28/h1-11,13-14H,12H2,(H,30,31)/b19-13+. The van der Waals surface area contributed by atoms with Crippen molar-refractivity contribution >= 4 is 33.6 Å². The van der Waals surface area contributed by atoms with Crippen LogP contribution < -0.4 is 5.32 Å². The molecule has 31 heavy (non-hydrogen) atoms. The van der Waals surface area contributed by atoms with Gasteiger partial charge < -0.3 is 5.32 Å². The normalized spacial score (nSPS) is 11.6. The zero-order valence-electron chi connectivity index (χ0n) is 16.1. The topological polar surface area (TPSA) is 52.9 Å². The summed E-state index contributed by atoms with van der Waals surface area (Å²) in [5.74, 6) is -0.779. The third kappa shape index (κ3) is 6.06. The lowest BCUT2D eigenvalue weighted by Gasteiger charge is -2.09. The van der Waals surface area contributed by atoms with Crippen LogP contribution in [0.4, 0.5) is 18.9 Å². The Morgan fingerprint density at radius 3 is 2.39 bits per heavy atom. The molecule has 3 aromatic carbocycles. The number of rotatable bonds is 5. The van der Waals surface area contributed by atoms with Gasteiger partial charge in [0.1, 0.15) is 11.6 Å². The first kappa shape index (κ1) is 22.3. The Kier molecular flexibility index (Phi) is 6.93. The number of hydrogen-bond acceptors (Lipinski definition) is 2. The molecule has 7 heteroatoms.